The number of hydrogen-bond donors (Lipinski definition) is 0. The first-order chi connectivity index (χ1) is 8.26. The molecule has 1 saturated carbocycles. The fraction of sp³-hybridized carbons (Fsp3) is 0.667. The lowest BCUT2D eigenvalue weighted by molar-refractivity contribution is 0.0556. The van der Waals surface area contributed by atoms with Gasteiger partial charge in [0.05, 0.1) is 13.7 Å². The quantitative estimate of drug-likeness (QED) is 0.754. The largest absolute Gasteiger partial charge is 0.463 e. The van der Waals surface area contributed by atoms with Crippen molar-refractivity contribution in [3.8, 4) is 0 Å². The maximum absolute atomic E-state index is 11.5. The third-order valence-electron chi connectivity index (χ3n) is 3.07. The average Bonchev–Trinajstić information content (AvgIpc) is 2.96. The fourth-order valence-corrected chi connectivity index (χ4v) is 2.20. The van der Waals surface area contributed by atoms with Crippen molar-refractivity contribution in [1.82, 2.24) is 4.98 Å². The maximum atomic E-state index is 11.5. The molecule has 5 heteroatoms. The van der Waals surface area contributed by atoms with Crippen LogP contribution in [-0.2, 0) is 16.1 Å². The number of carbonyl (C=O) groups is 1. The molecule has 0 saturated heterocycles. The van der Waals surface area contributed by atoms with Gasteiger partial charge in [-0.25, -0.2) is 9.78 Å². The smallest absolute Gasteiger partial charge is 0.376 e. The van der Waals surface area contributed by atoms with Crippen LogP contribution < -0.4 is 0 Å². The van der Waals surface area contributed by atoms with E-state index < -0.39 is 5.97 Å². The Morgan fingerprint density at radius 1 is 1.41 bits per heavy atom. The zero-order valence-electron chi connectivity index (χ0n) is 10.2. The van der Waals surface area contributed by atoms with Crippen molar-refractivity contribution in [3.05, 3.63) is 17.3 Å². The molecular formula is C12H17NO4. The lowest BCUT2D eigenvalue weighted by Gasteiger charge is -2.01. The second-order valence-electron chi connectivity index (χ2n) is 4.23. The predicted octanol–water partition coefficient (Wildman–Crippen LogP) is 2.27. The summed E-state index contributed by atoms with van der Waals surface area (Å²) in [6.07, 6.45) is 4.54. The van der Waals surface area contributed by atoms with Gasteiger partial charge in [0, 0.05) is 13.0 Å². The number of carbonyl (C=O) groups excluding carboxylic acids is 1. The minimum absolute atomic E-state index is 0.177. The first kappa shape index (κ1) is 12.1. The standard InChI is InChI=1S/C12H17NO4/c1-15-7-9-10(12(14)16-2)17-11(13-9)8-5-3-4-6-8/h8H,3-7H2,1-2H3. The third kappa shape index (κ3) is 2.49. The van der Waals surface area contributed by atoms with Crippen molar-refractivity contribution in [2.75, 3.05) is 14.2 Å². The monoisotopic (exact) mass is 239 g/mol. The summed E-state index contributed by atoms with van der Waals surface area (Å²) in [4.78, 5) is 15.9. The van der Waals surface area contributed by atoms with Gasteiger partial charge >= 0.3 is 5.97 Å². The molecule has 0 amide bonds. The number of methoxy groups -OCH3 is 2. The van der Waals surface area contributed by atoms with Gasteiger partial charge in [0.15, 0.2) is 5.89 Å². The number of ether oxygens (including phenoxy) is 2. The zero-order chi connectivity index (χ0) is 12.3. The summed E-state index contributed by atoms with van der Waals surface area (Å²) in [7, 11) is 2.89. The van der Waals surface area contributed by atoms with E-state index in [9.17, 15) is 4.79 Å². The second kappa shape index (κ2) is 5.31. The van der Waals surface area contributed by atoms with Crippen LogP contribution in [0.3, 0.4) is 0 Å². The Kier molecular flexibility index (Phi) is 3.78. The number of hydrogen-bond acceptors (Lipinski definition) is 5. The Morgan fingerprint density at radius 3 is 2.71 bits per heavy atom. The van der Waals surface area contributed by atoms with Crippen molar-refractivity contribution < 1.29 is 18.7 Å². The van der Waals surface area contributed by atoms with E-state index in [1.165, 1.54) is 20.0 Å². The Balaban J connectivity index is 2.26. The molecule has 5 nitrogen and oxygen atoms in total. The van der Waals surface area contributed by atoms with E-state index in [0.29, 0.717) is 17.5 Å². The Labute approximate surface area is 100 Å². The van der Waals surface area contributed by atoms with Gasteiger partial charge in [0.25, 0.3) is 0 Å². The molecule has 0 spiro atoms. The van der Waals surface area contributed by atoms with E-state index in [0.717, 1.165) is 12.8 Å². The SMILES string of the molecule is COCc1nc(C2CCCC2)oc1C(=O)OC. The van der Waals surface area contributed by atoms with Crippen molar-refractivity contribution in [2.45, 2.75) is 38.2 Å². The molecule has 0 N–H and O–H groups in total. The minimum atomic E-state index is -0.492. The van der Waals surface area contributed by atoms with Crippen LogP contribution in [0.5, 0.6) is 0 Å². The van der Waals surface area contributed by atoms with Gasteiger partial charge < -0.3 is 13.9 Å². The van der Waals surface area contributed by atoms with Gasteiger partial charge in [0.1, 0.15) is 5.69 Å². The number of rotatable bonds is 4. The maximum Gasteiger partial charge on any atom is 0.376 e. The predicted molar refractivity (Wildman–Crippen MR) is 59.8 cm³/mol. The molecule has 0 bridgehead atoms. The van der Waals surface area contributed by atoms with E-state index in [1.807, 2.05) is 0 Å². The van der Waals surface area contributed by atoms with Crippen LogP contribution in [0.25, 0.3) is 0 Å². The number of esters is 1. The van der Waals surface area contributed by atoms with Crippen LogP contribution in [0.2, 0.25) is 0 Å². The fourth-order valence-electron chi connectivity index (χ4n) is 2.20. The molecule has 0 unspecified atom stereocenters. The molecule has 1 aliphatic carbocycles. The number of aromatic nitrogens is 1. The minimum Gasteiger partial charge on any atom is -0.463 e. The van der Waals surface area contributed by atoms with Crippen LogP contribution >= 0.6 is 0 Å². The van der Waals surface area contributed by atoms with Crippen LogP contribution in [-0.4, -0.2) is 25.2 Å². The Bertz CT molecular complexity index is 393. The summed E-state index contributed by atoms with van der Waals surface area (Å²) in [6.45, 7) is 0.265. The first-order valence-electron chi connectivity index (χ1n) is 5.83. The highest BCUT2D eigenvalue weighted by Gasteiger charge is 2.27. The summed E-state index contributed by atoms with van der Waals surface area (Å²) in [5, 5.41) is 0. The molecule has 0 atom stereocenters. The van der Waals surface area contributed by atoms with E-state index in [2.05, 4.69) is 9.72 Å². The molecule has 0 aromatic carbocycles. The molecule has 94 valence electrons. The Hall–Kier alpha value is -1.36. The van der Waals surface area contributed by atoms with Crippen LogP contribution in [0.1, 0.15) is 53.7 Å². The normalized spacial score (nSPS) is 16.4. The van der Waals surface area contributed by atoms with Gasteiger partial charge in [-0.05, 0) is 12.8 Å². The molecule has 1 heterocycles. The Morgan fingerprint density at radius 2 is 2.12 bits per heavy atom. The van der Waals surface area contributed by atoms with Gasteiger partial charge in [-0.2, -0.15) is 0 Å². The molecule has 1 fully saturated rings. The highest BCUT2D eigenvalue weighted by molar-refractivity contribution is 5.87. The van der Waals surface area contributed by atoms with Crippen LogP contribution in [0.4, 0.5) is 0 Å². The van der Waals surface area contributed by atoms with E-state index in [1.54, 1.807) is 7.11 Å². The van der Waals surface area contributed by atoms with Crippen LogP contribution in [0.15, 0.2) is 4.42 Å². The lowest BCUT2D eigenvalue weighted by atomic mass is 10.1. The molecule has 0 aliphatic heterocycles. The van der Waals surface area contributed by atoms with E-state index in [-0.39, 0.29) is 12.4 Å². The molecular weight excluding hydrogens is 222 g/mol. The van der Waals surface area contributed by atoms with Gasteiger partial charge in [-0.3, -0.25) is 0 Å². The number of oxazole rings is 1. The highest BCUT2D eigenvalue weighted by Crippen LogP contribution is 2.34. The van der Waals surface area contributed by atoms with Gasteiger partial charge in [-0.15, -0.1) is 0 Å². The molecule has 1 aliphatic rings. The van der Waals surface area contributed by atoms with Crippen LogP contribution in [0, 0.1) is 0 Å². The van der Waals surface area contributed by atoms with Crippen molar-refractivity contribution in [2.24, 2.45) is 0 Å². The van der Waals surface area contributed by atoms with Crippen molar-refractivity contribution >= 4 is 5.97 Å². The third-order valence-corrected chi connectivity index (χ3v) is 3.07. The molecule has 1 aromatic rings. The number of nitrogens with zero attached hydrogens (tertiary/aromatic N) is 1. The molecule has 17 heavy (non-hydrogen) atoms. The summed E-state index contributed by atoms with van der Waals surface area (Å²) in [6, 6.07) is 0. The van der Waals surface area contributed by atoms with Gasteiger partial charge in [0.2, 0.25) is 5.76 Å². The van der Waals surface area contributed by atoms with Crippen molar-refractivity contribution in [3.63, 3.8) is 0 Å². The molecule has 1 aromatic heterocycles. The van der Waals surface area contributed by atoms with Crippen molar-refractivity contribution in [1.29, 1.82) is 0 Å². The highest BCUT2D eigenvalue weighted by atomic mass is 16.5. The second-order valence-corrected chi connectivity index (χ2v) is 4.23. The van der Waals surface area contributed by atoms with E-state index in [4.69, 9.17) is 9.15 Å². The van der Waals surface area contributed by atoms with Gasteiger partial charge in [-0.1, -0.05) is 12.8 Å². The summed E-state index contributed by atoms with van der Waals surface area (Å²) in [5.41, 5.74) is 0.529. The molecule has 0 radical (unpaired) electrons. The summed E-state index contributed by atoms with van der Waals surface area (Å²) < 4.78 is 15.2. The zero-order valence-corrected chi connectivity index (χ0v) is 10.2. The molecule has 2 rings (SSSR count). The van der Waals surface area contributed by atoms with E-state index >= 15 is 0 Å². The first-order valence-corrected chi connectivity index (χ1v) is 5.83. The average molecular weight is 239 g/mol. The lowest BCUT2D eigenvalue weighted by Crippen LogP contribution is -2.04. The topological polar surface area (TPSA) is 61.6 Å². The summed E-state index contributed by atoms with van der Waals surface area (Å²) in [5.74, 6) is 0.670. The summed E-state index contributed by atoms with van der Waals surface area (Å²) >= 11 is 0.